The van der Waals surface area contributed by atoms with Gasteiger partial charge in [-0.3, -0.25) is 19.6 Å². The molecule has 1 aromatic heterocycles. The molecule has 1 aromatic carbocycles. The maximum atomic E-state index is 11.9. The molecule has 1 heterocycles. The molecule has 2 N–H and O–H groups in total. The van der Waals surface area contributed by atoms with Crippen LogP contribution >= 0.6 is 0 Å². The lowest BCUT2D eigenvalue weighted by molar-refractivity contribution is -0.385. The molecule has 1 unspecified atom stereocenters. The first-order valence-corrected chi connectivity index (χ1v) is 7.10. The zero-order valence-corrected chi connectivity index (χ0v) is 12.7. The third-order valence-corrected chi connectivity index (χ3v) is 3.39. The average molecular weight is 318 g/mol. The third kappa shape index (κ3) is 4.62. The van der Waals surface area contributed by atoms with Crippen molar-refractivity contribution in [3.63, 3.8) is 0 Å². The van der Waals surface area contributed by atoms with Crippen molar-refractivity contribution in [3.05, 3.63) is 58.4 Å². The highest BCUT2D eigenvalue weighted by Gasteiger charge is 2.26. The fourth-order valence-electron chi connectivity index (χ4n) is 2.15. The number of carbonyl (C=O) groups is 1. The molecule has 0 aliphatic carbocycles. The topological polar surface area (TPSA) is 110 Å². The number of benzene rings is 1. The number of carbonyl (C=O) groups excluding carboxylic acids is 1. The van der Waals surface area contributed by atoms with E-state index in [0.717, 1.165) is 6.20 Å². The first-order chi connectivity index (χ1) is 10.9. The Morgan fingerprint density at radius 3 is 2.74 bits per heavy atom. The zero-order valence-electron chi connectivity index (χ0n) is 12.7. The minimum atomic E-state index is -1.25. The van der Waals surface area contributed by atoms with Gasteiger partial charge in [0.25, 0.3) is 0 Å². The SMILES string of the molecule is CC(O)(CC(=O)NCCn1cc([N+](=O)[O-])cn1)c1ccccc1. The van der Waals surface area contributed by atoms with Gasteiger partial charge in [0.1, 0.15) is 12.4 Å². The fraction of sp³-hybridized carbons (Fsp3) is 0.333. The van der Waals surface area contributed by atoms with Crippen LogP contribution in [0.25, 0.3) is 0 Å². The van der Waals surface area contributed by atoms with Crippen LogP contribution in [0.1, 0.15) is 18.9 Å². The van der Waals surface area contributed by atoms with E-state index in [1.807, 2.05) is 6.07 Å². The van der Waals surface area contributed by atoms with Crippen molar-refractivity contribution in [1.29, 1.82) is 0 Å². The summed E-state index contributed by atoms with van der Waals surface area (Å²) in [6.07, 6.45) is 2.38. The molecule has 8 heteroatoms. The predicted molar refractivity (Wildman–Crippen MR) is 82.5 cm³/mol. The van der Waals surface area contributed by atoms with Gasteiger partial charge in [0.2, 0.25) is 5.91 Å². The van der Waals surface area contributed by atoms with Crippen LogP contribution in [0.2, 0.25) is 0 Å². The average Bonchev–Trinajstić information content (AvgIpc) is 2.97. The summed E-state index contributed by atoms with van der Waals surface area (Å²) in [6.45, 7) is 2.16. The van der Waals surface area contributed by atoms with Crippen LogP contribution in [0.5, 0.6) is 0 Å². The second-order valence-electron chi connectivity index (χ2n) is 5.39. The number of hydrogen-bond acceptors (Lipinski definition) is 5. The summed E-state index contributed by atoms with van der Waals surface area (Å²) in [5, 5.41) is 27.4. The Kier molecular flexibility index (Phi) is 5.07. The molecule has 0 fully saturated rings. The third-order valence-electron chi connectivity index (χ3n) is 3.39. The monoisotopic (exact) mass is 318 g/mol. The number of amides is 1. The Balaban J connectivity index is 1.81. The number of nitrogens with zero attached hydrogens (tertiary/aromatic N) is 3. The van der Waals surface area contributed by atoms with Gasteiger partial charge in [-0.05, 0) is 12.5 Å². The van der Waals surface area contributed by atoms with E-state index in [1.165, 1.54) is 10.9 Å². The van der Waals surface area contributed by atoms with Crippen molar-refractivity contribution in [2.75, 3.05) is 6.54 Å². The van der Waals surface area contributed by atoms with Crippen LogP contribution in [0, 0.1) is 10.1 Å². The predicted octanol–water partition coefficient (Wildman–Crippen LogP) is 1.21. The summed E-state index contributed by atoms with van der Waals surface area (Å²) >= 11 is 0. The molecule has 0 aliphatic rings. The van der Waals surface area contributed by atoms with Gasteiger partial charge >= 0.3 is 5.69 Å². The lowest BCUT2D eigenvalue weighted by Crippen LogP contribution is -2.34. The first-order valence-electron chi connectivity index (χ1n) is 7.10. The van der Waals surface area contributed by atoms with Crippen LogP contribution in [0.15, 0.2) is 42.7 Å². The minimum absolute atomic E-state index is 0.0731. The molecule has 0 saturated heterocycles. The van der Waals surface area contributed by atoms with Gasteiger partial charge < -0.3 is 10.4 Å². The normalized spacial score (nSPS) is 13.3. The lowest BCUT2D eigenvalue weighted by Gasteiger charge is -2.23. The Morgan fingerprint density at radius 1 is 1.43 bits per heavy atom. The number of nitrogens with one attached hydrogen (secondary N) is 1. The first kappa shape index (κ1) is 16.6. The Morgan fingerprint density at radius 2 is 2.13 bits per heavy atom. The summed E-state index contributed by atoms with van der Waals surface area (Å²) in [7, 11) is 0. The van der Waals surface area contributed by atoms with Gasteiger partial charge in [-0.25, -0.2) is 0 Å². The standard InChI is InChI=1S/C15H18N4O4/c1-15(21,12-5-3-2-4-6-12)9-14(20)16-7-8-18-11-13(10-17-18)19(22)23/h2-6,10-11,21H,7-9H2,1H3,(H,16,20). The molecule has 0 spiro atoms. The molecule has 23 heavy (non-hydrogen) atoms. The molecule has 8 nitrogen and oxygen atoms in total. The van der Waals surface area contributed by atoms with Crippen LogP contribution in [0.3, 0.4) is 0 Å². The highest BCUT2D eigenvalue weighted by atomic mass is 16.6. The lowest BCUT2D eigenvalue weighted by atomic mass is 9.92. The number of rotatable bonds is 7. The van der Waals surface area contributed by atoms with E-state index < -0.39 is 10.5 Å². The highest BCUT2D eigenvalue weighted by molar-refractivity contribution is 5.77. The van der Waals surface area contributed by atoms with E-state index in [1.54, 1.807) is 31.2 Å². The van der Waals surface area contributed by atoms with E-state index >= 15 is 0 Å². The molecule has 0 bridgehead atoms. The van der Waals surface area contributed by atoms with Gasteiger partial charge in [0.05, 0.1) is 23.5 Å². The van der Waals surface area contributed by atoms with Gasteiger partial charge in [0, 0.05) is 6.54 Å². The Bertz CT molecular complexity index is 682. The molecule has 0 aliphatic heterocycles. The molecule has 2 aromatic rings. The quantitative estimate of drug-likeness (QED) is 0.589. The summed E-state index contributed by atoms with van der Waals surface area (Å²) in [5.74, 6) is -0.305. The minimum Gasteiger partial charge on any atom is -0.385 e. The molecule has 0 radical (unpaired) electrons. The highest BCUT2D eigenvalue weighted by Crippen LogP contribution is 2.23. The van der Waals surface area contributed by atoms with Crippen molar-refractivity contribution in [1.82, 2.24) is 15.1 Å². The molecule has 122 valence electrons. The van der Waals surface area contributed by atoms with Crippen LogP contribution in [-0.4, -0.2) is 32.3 Å². The summed E-state index contributed by atoms with van der Waals surface area (Å²) in [6, 6.07) is 8.95. The maximum absolute atomic E-state index is 11.9. The summed E-state index contributed by atoms with van der Waals surface area (Å²) in [4.78, 5) is 21.9. The molecular formula is C15H18N4O4. The van der Waals surface area contributed by atoms with Gasteiger partial charge in [-0.1, -0.05) is 30.3 Å². The maximum Gasteiger partial charge on any atom is 0.306 e. The van der Waals surface area contributed by atoms with E-state index in [4.69, 9.17) is 0 Å². The fourth-order valence-corrected chi connectivity index (χ4v) is 2.15. The van der Waals surface area contributed by atoms with Crippen molar-refractivity contribution in [2.45, 2.75) is 25.5 Å². The van der Waals surface area contributed by atoms with Crippen LogP contribution < -0.4 is 5.32 Å². The Hall–Kier alpha value is -2.74. The van der Waals surface area contributed by atoms with Crippen molar-refractivity contribution < 1.29 is 14.8 Å². The Labute approximate surface area is 132 Å². The van der Waals surface area contributed by atoms with Gasteiger partial charge in [-0.15, -0.1) is 0 Å². The molecule has 1 atom stereocenters. The van der Waals surface area contributed by atoms with E-state index in [9.17, 15) is 20.0 Å². The van der Waals surface area contributed by atoms with Crippen molar-refractivity contribution in [3.8, 4) is 0 Å². The number of aromatic nitrogens is 2. The summed E-state index contributed by atoms with van der Waals surface area (Å²) in [5.41, 5.74) is -0.684. The van der Waals surface area contributed by atoms with Crippen molar-refractivity contribution in [2.24, 2.45) is 0 Å². The molecular weight excluding hydrogens is 300 g/mol. The second-order valence-corrected chi connectivity index (χ2v) is 5.39. The zero-order chi connectivity index (χ0) is 16.9. The number of hydrogen-bond donors (Lipinski definition) is 2. The van der Waals surface area contributed by atoms with Gasteiger partial charge in [-0.2, -0.15) is 5.10 Å². The van der Waals surface area contributed by atoms with E-state index in [-0.39, 0.29) is 24.6 Å². The van der Waals surface area contributed by atoms with Crippen molar-refractivity contribution >= 4 is 11.6 Å². The van der Waals surface area contributed by atoms with Crippen LogP contribution in [0.4, 0.5) is 5.69 Å². The van der Waals surface area contributed by atoms with E-state index in [0.29, 0.717) is 12.1 Å². The number of aliphatic hydroxyl groups is 1. The molecule has 2 rings (SSSR count). The summed E-state index contributed by atoms with van der Waals surface area (Å²) < 4.78 is 1.38. The second kappa shape index (κ2) is 7.01. The largest absolute Gasteiger partial charge is 0.385 e. The van der Waals surface area contributed by atoms with Gasteiger partial charge in [0.15, 0.2) is 0 Å². The number of nitro groups is 1. The van der Waals surface area contributed by atoms with Crippen LogP contribution in [-0.2, 0) is 16.9 Å². The molecule has 0 saturated carbocycles. The molecule has 1 amide bonds. The van der Waals surface area contributed by atoms with E-state index in [2.05, 4.69) is 10.4 Å². The smallest absolute Gasteiger partial charge is 0.306 e.